The van der Waals surface area contributed by atoms with E-state index >= 15 is 0 Å². The third-order valence-electron chi connectivity index (χ3n) is 2.55. The van der Waals surface area contributed by atoms with Crippen molar-refractivity contribution in [1.82, 2.24) is 9.55 Å². The molecule has 0 fully saturated rings. The molecular weight excluding hydrogens is 206 g/mol. The third kappa shape index (κ3) is 1.55. The number of nitrogens with zero attached hydrogens (tertiary/aromatic N) is 2. The summed E-state index contributed by atoms with van der Waals surface area (Å²) in [6.07, 6.45) is 0.510. The molecule has 5 nitrogen and oxygen atoms in total. The lowest BCUT2D eigenvalue weighted by atomic mass is 10.2. The van der Waals surface area contributed by atoms with Crippen molar-refractivity contribution in [3.8, 4) is 5.75 Å². The largest absolute Gasteiger partial charge is 0.506 e. The number of benzene rings is 1. The number of phenols is 1. The van der Waals surface area contributed by atoms with Gasteiger partial charge in [-0.1, -0.05) is 6.07 Å². The highest BCUT2D eigenvalue weighted by Crippen LogP contribution is 2.19. The van der Waals surface area contributed by atoms with Crippen molar-refractivity contribution in [2.24, 2.45) is 12.8 Å². The normalized spacial score (nSPS) is 10.9. The number of para-hydroxylation sites is 1. The van der Waals surface area contributed by atoms with E-state index in [0.717, 1.165) is 0 Å². The number of hydrogen-bond acceptors (Lipinski definition) is 4. The second kappa shape index (κ2) is 3.94. The lowest BCUT2D eigenvalue weighted by Crippen LogP contribution is -2.24. The monoisotopic (exact) mass is 219 g/mol. The molecule has 1 heterocycles. The Morgan fingerprint density at radius 1 is 1.50 bits per heavy atom. The summed E-state index contributed by atoms with van der Waals surface area (Å²) in [5, 5.41) is 10.1. The summed E-state index contributed by atoms with van der Waals surface area (Å²) in [7, 11) is 1.66. The summed E-state index contributed by atoms with van der Waals surface area (Å²) < 4.78 is 1.47. The summed E-state index contributed by atoms with van der Waals surface area (Å²) >= 11 is 0. The maximum Gasteiger partial charge on any atom is 0.261 e. The maximum absolute atomic E-state index is 11.9. The van der Waals surface area contributed by atoms with Crippen molar-refractivity contribution in [1.29, 1.82) is 0 Å². The molecule has 5 heteroatoms. The molecule has 0 aliphatic carbocycles. The van der Waals surface area contributed by atoms with E-state index < -0.39 is 0 Å². The molecule has 0 radical (unpaired) electrons. The molecule has 1 aromatic heterocycles. The molecule has 0 amide bonds. The molecule has 16 heavy (non-hydrogen) atoms. The van der Waals surface area contributed by atoms with Crippen molar-refractivity contribution >= 4 is 10.9 Å². The van der Waals surface area contributed by atoms with Crippen molar-refractivity contribution < 1.29 is 5.11 Å². The van der Waals surface area contributed by atoms with E-state index in [9.17, 15) is 9.90 Å². The van der Waals surface area contributed by atoms with Crippen molar-refractivity contribution in [3.05, 3.63) is 34.4 Å². The van der Waals surface area contributed by atoms with Gasteiger partial charge in [0.1, 0.15) is 17.1 Å². The van der Waals surface area contributed by atoms with Gasteiger partial charge in [-0.2, -0.15) is 0 Å². The van der Waals surface area contributed by atoms with Gasteiger partial charge in [0.2, 0.25) is 0 Å². The zero-order valence-electron chi connectivity index (χ0n) is 8.97. The Kier molecular flexibility index (Phi) is 2.62. The molecular formula is C11H13N3O2. The standard InChI is InChI=1S/C11H13N3O2/c1-14-9(5-6-12)13-10-7(11(14)16)3-2-4-8(10)15/h2-4,15H,5-6,12H2,1H3. The number of rotatable bonds is 2. The molecule has 3 N–H and O–H groups in total. The van der Waals surface area contributed by atoms with Gasteiger partial charge in [-0.25, -0.2) is 4.98 Å². The minimum atomic E-state index is -0.163. The summed E-state index contributed by atoms with van der Waals surface area (Å²) in [5.41, 5.74) is 5.62. The molecule has 84 valence electrons. The van der Waals surface area contributed by atoms with Crippen LogP contribution in [0.3, 0.4) is 0 Å². The van der Waals surface area contributed by atoms with Crippen LogP contribution in [0.25, 0.3) is 10.9 Å². The lowest BCUT2D eigenvalue weighted by molar-refractivity contribution is 0.479. The molecule has 0 saturated carbocycles. The number of hydrogen-bond donors (Lipinski definition) is 2. The van der Waals surface area contributed by atoms with Crippen LogP contribution >= 0.6 is 0 Å². The topological polar surface area (TPSA) is 81.1 Å². The summed E-state index contributed by atoms with van der Waals surface area (Å²) in [6.45, 7) is 0.416. The highest BCUT2D eigenvalue weighted by molar-refractivity contribution is 5.83. The van der Waals surface area contributed by atoms with Crippen LogP contribution in [0.5, 0.6) is 5.75 Å². The van der Waals surface area contributed by atoms with Crippen molar-refractivity contribution in [2.45, 2.75) is 6.42 Å². The van der Waals surface area contributed by atoms with Crippen LogP contribution < -0.4 is 11.3 Å². The summed E-state index contributed by atoms with van der Waals surface area (Å²) in [4.78, 5) is 16.2. The SMILES string of the molecule is Cn1c(CCN)nc2c(O)cccc2c1=O. The molecule has 1 aromatic carbocycles. The fourth-order valence-electron chi connectivity index (χ4n) is 1.68. The van der Waals surface area contributed by atoms with Crippen LogP contribution in [-0.2, 0) is 13.5 Å². The Hall–Kier alpha value is -1.88. The zero-order chi connectivity index (χ0) is 11.7. The first-order valence-corrected chi connectivity index (χ1v) is 5.03. The summed E-state index contributed by atoms with van der Waals surface area (Å²) in [6, 6.07) is 4.79. The van der Waals surface area contributed by atoms with Gasteiger partial charge in [0.05, 0.1) is 5.39 Å². The van der Waals surface area contributed by atoms with Gasteiger partial charge in [0.25, 0.3) is 5.56 Å². The van der Waals surface area contributed by atoms with E-state index in [1.807, 2.05) is 0 Å². The van der Waals surface area contributed by atoms with Crippen LogP contribution in [0.2, 0.25) is 0 Å². The second-order valence-electron chi connectivity index (χ2n) is 3.60. The highest BCUT2D eigenvalue weighted by atomic mass is 16.3. The smallest absolute Gasteiger partial charge is 0.261 e. The number of aromatic nitrogens is 2. The van der Waals surface area contributed by atoms with Gasteiger partial charge in [-0.3, -0.25) is 9.36 Å². The molecule has 2 aromatic rings. The predicted molar refractivity (Wildman–Crippen MR) is 61.4 cm³/mol. The van der Waals surface area contributed by atoms with Crippen LogP contribution in [0, 0.1) is 0 Å². The fourth-order valence-corrected chi connectivity index (χ4v) is 1.68. The number of phenolic OH excluding ortho intramolecular Hbond substituents is 1. The van der Waals surface area contributed by atoms with E-state index in [-0.39, 0.29) is 11.3 Å². The Labute approximate surface area is 92.2 Å². The quantitative estimate of drug-likeness (QED) is 0.752. The Morgan fingerprint density at radius 3 is 2.94 bits per heavy atom. The average Bonchev–Trinajstić information content (AvgIpc) is 2.27. The number of aromatic hydroxyl groups is 1. The first-order valence-electron chi connectivity index (χ1n) is 5.03. The van der Waals surface area contributed by atoms with Gasteiger partial charge in [-0.15, -0.1) is 0 Å². The van der Waals surface area contributed by atoms with Gasteiger partial charge in [-0.05, 0) is 18.7 Å². The van der Waals surface area contributed by atoms with Crippen LogP contribution in [0.4, 0.5) is 0 Å². The van der Waals surface area contributed by atoms with E-state index in [1.54, 1.807) is 19.2 Å². The fraction of sp³-hybridized carbons (Fsp3) is 0.273. The Balaban J connectivity index is 2.84. The Morgan fingerprint density at radius 2 is 2.25 bits per heavy atom. The summed E-state index contributed by atoms with van der Waals surface area (Å²) in [5.74, 6) is 0.606. The van der Waals surface area contributed by atoms with E-state index in [2.05, 4.69) is 4.98 Å². The first kappa shape index (κ1) is 10.6. The molecule has 0 spiro atoms. The van der Waals surface area contributed by atoms with E-state index in [4.69, 9.17) is 5.73 Å². The number of nitrogens with two attached hydrogens (primary N) is 1. The maximum atomic E-state index is 11.9. The van der Waals surface area contributed by atoms with E-state index in [0.29, 0.717) is 29.7 Å². The predicted octanol–water partition coefficient (Wildman–Crippen LogP) is 0.140. The number of fused-ring (bicyclic) bond motifs is 1. The first-order chi connectivity index (χ1) is 7.65. The molecule has 0 saturated heterocycles. The second-order valence-corrected chi connectivity index (χ2v) is 3.60. The average molecular weight is 219 g/mol. The molecule has 0 unspecified atom stereocenters. The Bertz CT molecular complexity index is 590. The molecule has 0 aliphatic rings. The van der Waals surface area contributed by atoms with Gasteiger partial charge >= 0.3 is 0 Å². The third-order valence-corrected chi connectivity index (χ3v) is 2.55. The van der Waals surface area contributed by atoms with Crippen LogP contribution in [0.1, 0.15) is 5.82 Å². The molecule has 0 atom stereocenters. The minimum absolute atomic E-state index is 0.0217. The molecule has 0 bridgehead atoms. The van der Waals surface area contributed by atoms with Crippen LogP contribution in [-0.4, -0.2) is 21.2 Å². The van der Waals surface area contributed by atoms with Crippen LogP contribution in [0.15, 0.2) is 23.0 Å². The molecule has 0 aliphatic heterocycles. The van der Waals surface area contributed by atoms with E-state index in [1.165, 1.54) is 10.6 Å². The van der Waals surface area contributed by atoms with Gasteiger partial charge in [0.15, 0.2) is 0 Å². The lowest BCUT2D eigenvalue weighted by Gasteiger charge is -2.08. The highest BCUT2D eigenvalue weighted by Gasteiger charge is 2.09. The minimum Gasteiger partial charge on any atom is -0.506 e. The molecule has 2 rings (SSSR count). The van der Waals surface area contributed by atoms with Gasteiger partial charge in [0, 0.05) is 13.5 Å². The van der Waals surface area contributed by atoms with Gasteiger partial charge < -0.3 is 10.8 Å². The van der Waals surface area contributed by atoms with Crippen molar-refractivity contribution in [2.75, 3.05) is 6.54 Å². The van der Waals surface area contributed by atoms with Crippen molar-refractivity contribution in [3.63, 3.8) is 0 Å². The zero-order valence-corrected chi connectivity index (χ0v) is 8.97.